The van der Waals surface area contributed by atoms with Crippen LogP contribution in [0.25, 0.3) is 16.9 Å². The van der Waals surface area contributed by atoms with Crippen molar-refractivity contribution in [3.63, 3.8) is 0 Å². The van der Waals surface area contributed by atoms with Crippen molar-refractivity contribution in [2.75, 3.05) is 7.11 Å². The van der Waals surface area contributed by atoms with Gasteiger partial charge in [-0.2, -0.15) is 13.2 Å². The molecule has 23 heavy (non-hydrogen) atoms. The number of imidazole rings is 1. The quantitative estimate of drug-likeness (QED) is 0.680. The Kier molecular flexibility index (Phi) is 3.51. The molecule has 0 aliphatic heterocycles. The van der Waals surface area contributed by atoms with E-state index < -0.39 is 17.7 Å². The maximum Gasteiger partial charge on any atom is 0.416 e. The Balaban J connectivity index is 2.15. The van der Waals surface area contributed by atoms with Crippen molar-refractivity contribution in [3.05, 3.63) is 54.0 Å². The topological polar surface area (TPSA) is 57.0 Å². The number of esters is 1. The van der Waals surface area contributed by atoms with Gasteiger partial charge < -0.3 is 4.74 Å². The van der Waals surface area contributed by atoms with Gasteiger partial charge >= 0.3 is 12.1 Å². The summed E-state index contributed by atoms with van der Waals surface area (Å²) in [6.45, 7) is 0. The van der Waals surface area contributed by atoms with E-state index in [0.29, 0.717) is 5.52 Å². The third-order valence-electron chi connectivity index (χ3n) is 3.24. The monoisotopic (exact) mass is 321 g/mol. The molecule has 3 rings (SSSR count). The summed E-state index contributed by atoms with van der Waals surface area (Å²) in [5.74, 6) is -0.635. The lowest BCUT2D eigenvalue weighted by Gasteiger charge is -2.09. The summed E-state index contributed by atoms with van der Waals surface area (Å²) in [6.07, 6.45) is -3.09. The van der Waals surface area contributed by atoms with Crippen molar-refractivity contribution in [2.45, 2.75) is 6.18 Å². The van der Waals surface area contributed by atoms with Crippen molar-refractivity contribution in [1.82, 2.24) is 14.5 Å². The maximum atomic E-state index is 12.8. The molecule has 2 heterocycles. The zero-order chi connectivity index (χ0) is 16.6. The van der Waals surface area contributed by atoms with E-state index in [-0.39, 0.29) is 17.0 Å². The summed E-state index contributed by atoms with van der Waals surface area (Å²) in [7, 11) is 1.22. The highest BCUT2D eigenvalue weighted by Gasteiger charge is 2.30. The minimum atomic E-state index is -4.45. The van der Waals surface area contributed by atoms with Crippen molar-refractivity contribution < 1.29 is 22.7 Å². The molecule has 0 unspecified atom stereocenters. The Morgan fingerprint density at radius 2 is 2.00 bits per heavy atom. The fraction of sp³-hybridized carbons (Fsp3) is 0.133. The van der Waals surface area contributed by atoms with Crippen LogP contribution in [0.2, 0.25) is 0 Å². The second-order valence-electron chi connectivity index (χ2n) is 4.69. The SMILES string of the molecule is COC(=O)c1ccc2ncn(-c3cccc(C(F)(F)F)c3)c2n1. The molecule has 0 amide bonds. The van der Waals surface area contributed by atoms with E-state index in [9.17, 15) is 18.0 Å². The summed E-state index contributed by atoms with van der Waals surface area (Å²) < 4.78 is 44.5. The molecular weight excluding hydrogens is 311 g/mol. The van der Waals surface area contributed by atoms with Crippen molar-refractivity contribution >= 4 is 17.1 Å². The molecule has 0 aliphatic rings. The van der Waals surface area contributed by atoms with Gasteiger partial charge in [0.1, 0.15) is 11.8 Å². The van der Waals surface area contributed by atoms with Gasteiger partial charge in [-0.05, 0) is 30.3 Å². The zero-order valence-electron chi connectivity index (χ0n) is 11.8. The van der Waals surface area contributed by atoms with Crippen molar-refractivity contribution in [1.29, 1.82) is 0 Å². The lowest BCUT2D eigenvalue weighted by atomic mass is 10.2. The predicted octanol–water partition coefficient (Wildman–Crippen LogP) is 3.23. The van der Waals surface area contributed by atoms with Gasteiger partial charge in [-0.25, -0.2) is 14.8 Å². The van der Waals surface area contributed by atoms with Crippen LogP contribution < -0.4 is 0 Å². The van der Waals surface area contributed by atoms with Gasteiger partial charge in [0.2, 0.25) is 0 Å². The Morgan fingerprint density at radius 1 is 1.22 bits per heavy atom. The fourth-order valence-corrected chi connectivity index (χ4v) is 2.13. The molecule has 0 atom stereocenters. The van der Waals surface area contributed by atoms with Gasteiger partial charge in [0.05, 0.1) is 12.7 Å². The number of fused-ring (bicyclic) bond motifs is 1. The number of alkyl halides is 3. The molecule has 3 aromatic rings. The van der Waals surface area contributed by atoms with Crippen LogP contribution in [-0.2, 0) is 10.9 Å². The number of methoxy groups -OCH3 is 1. The number of benzene rings is 1. The normalized spacial score (nSPS) is 11.7. The number of carbonyl (C=O) groups is 1. The summed E-state index contributed by atoms with van der Waals surface area (Å²) in [4.78, 5) is 19.7. The summed E-state index contributed by atoms with van der Waals surface area (Å²) >= 11 is 0. The highest BCUT2D eigenvalue weighted by atomic mass is 19.4. The van der Waals surface area contributed by atoms with Crippen LogP contribution in [0.5, 0.6) is 0 Å². The molecule has 5 nitrogen and oxygen atoms in total. The Bertz CT molecular complexity index is 887. The highest BCUT2D eigenvalue weighted by Crippen LogP contribution is 2.30. The lowest BCUT2D eigenvalue weighted by Crippen LogP contribution is -2.07. The number of aromatic nitrogens is 3. The molecule has 2 aromatic heterocycles. The minimum Gasteiger partial charge on any atom is -0.464 e. The van der Waals surface area contributed by atoms with Crippen LogP contribution in [0.15, 0.2) is 42.7 Å². The molecule has 0 radical (unpaired) electrons. The lowest BCUT2D eigenvalue weighted by molar-refractivity contribution is -0.137. The minimum absolute atomic E-state index is 0.0497. The number of hydrogen-bond acceptors (Lipinski definition) is 4. The van der Waals surface area contributed by atoms with E-state index in [0.717, 1.165) is 12.1 Å². The number of hydrogen-bond donors (Lipinski definition) is 0. The van der Waals surface area contributed by atoms with Crippen LogP contribution in [0.1, 0.15) is 16.1 Å². The van der Waals surface area contributed by atoms with Crippen LogP contribution >= 0.6 is 0 Å². The molecule has 0 bridgehead atoms. The number of carbonyl (C=O) groups excluding carboxylic acids is 1. The molecule has 118 valence electrons. The van der Waals surface area contributed by atoms with Gasteiger partial charge in [0.25, 0.3) is 0 Å². The van der Waals surface area contributed by atoms with Gasteiger partial charge in [-0.1, -0.05) is 6.07 Å². The number of pyridine rings is 1. The molecule has 1 aromatic carbocycles. The van der Waals surface area contributed by atoms with Gasteiger partial charge in [-0.3, -0.25) is 4.57 Å². The molecular formula is C15H10F3N3O2. The molecule has 0 saturated heterocycles. The molecule has 8 heteroatoms. The average molecular weight is 321 g/mol. The van der Waals surface area contributed by atoms with E-state index in [1.54, 1.807) is 6.07 Å². The third-order valence-corrected chi connectivity index (χ3v) is 3.24. The second-order valence-corrected chi connectivity index (χ2v) is 4.69. The van der Waals surface area contributed by atoms with Crippen molar-refractivity contribution in [2.24, 2.45) is 0 Å². The van der Waals surface area contributed by atoms with Crippen LogP contribution in [0, 0.1) is 0 Å². The summed E-state index contributed by atoms with van der Waals surface area (Å²) in [5, 5.41) is 0. The van der Waals surface area contributed by atoms with Crippen LogP contribution in [0.3, 0.4) is 0 Å². The van der Waals surface area contributed by atoms with E-state index in [2.05, 4.69) is 14.7 Å². The third kappa shape index (κ3) is 2.75. The first-order valence-corrected chi connectivity index (χ1v) is 6.50. The average Bonchev–Trinajstić information content (AvgIpc) is 2.96. The Labute approximate surface area is 128 Å². The number of ether oxygens (including phenoxy) is 1. The van der Waals surface area contributed by atoms with E-state index in [4.69, 9.17) is 0 Å². The first-order chi connectivity index (χ1) is 10.9. The highest BCUT2D eigenvalue weighted by molar-refractivity contribution is 5.89. The standard InChI is InChI=1S/C15H10F3N3O2/c1-23-14(22)12-6-5-11-13(20-12)21(8-19-11)10-4-2-3-9(7-10)15(16,17)18/h2-8H,1H3. The van der Waals surface area contributed by atoms with Crippen LogP contribution in [-0.4, -0.2) is 27.6 Å². The maximum absolute atomic E-state index is 12.8. The van der Waals surface area contributed by atoms with Gasteiger partial charge in [-0.15, -0.1) is 0 Å². The first-order valence-electron chi connectivity index (χ1n) is 6.50. The number of nitrogens with zero attached hydrogens (tertiary/aromatic N) is 3. The number of rotatable bonds is 2. The molecule has 0 saturated carbocycles. The molecule has 0 aliphatic carbocycles. The van der Waals surface area contributed by atoms with Gasteiger partial charge in [0.15, 0.2) is 11.3 Å². The zero-order valence-corrected chi connectivity index (χ0v) is 11.8. The van der Waals surface area contributed by atoms with Gasteiger partial charge in [0, 0.05) is 5.69 Å². The number of halogens is 3. The fourth-order valence-electron chi connectivity index (χ4n) is 2.13. The van der Waals surface area contributed by atoms with E-state index >= 15 is 0 Å². The predicted molar refractivity (Wildman–Crippen MR) is 75.2 cm³/mol. The molecule has 0 fully saturated rings. The van der Waals surface area contributed by atoms with E-state index in [1.807, 2.05) is 0 Å². The summed E-state index contributed by atoms with van der Waals surface area (Å²) in [5.41, 5.74) is 0.244. The van der Waals surface area contributed by atoms with Crippen LogP contribution in [0.4, 0.5) is 13.2 Å². The Hall–Kier alpha value is -2.90. The first kappa shape index (κ1) is 15.0. The van der Waals surface area contributed by atoms with Crippen molar-refractivity contribution in [3.8, 4) is 5.69 Å². The Morgan fingerprint density at radius 3 is 2.70 bits per heavy atom. The smallest absolute Gasteiger partial charge is 0.416 e. The second kappa shape index (κ2) is 5.38. The summed E-state index contributed by atoms with van der Waals surface area (Å²) in [6, 6.07) is 7.77. The molecule has 0 spiro atoms. The largest absolute Gasteiger partial charge is 0.464 e. The van der Waals surface area contributed by atoms with E-state index in [1.165, 1.54) is 36.2 Å². The molecule has 0 N–H and O–H groups in total.